The molecule has 4 heterocycles. The van der Waals surface area contributed by atoms with Crippen LogP contribution in [-0.2, 0) is 16.4 Å². The number of rotatable bonds is 10. The van der Waals surface area contributed by atoms with E-state index in [-0.39, 0.29) is 40.5 Å². The highest BCUT2D eigenvalue weighted by Gasteiger charge is 2.32. The Balaban J connectivity index is 1.56. The topological polar surface area (TPSA) is 155 Å². The van der Waals surface area contributed by atoms with Crippen LogP contribution >= 0.6 is 0 Å². The molecule has 210 valence electrons. The first-order valence-corrected chi connectivity index (χ1v) is 14.9. The van der Waals surface area contributed by atoms with Gasteiger partial charge in [0.1, 0.15) is 17.4 Å². The molecule has 0 aromatic carbocycles. The molecule has 0 amide bonds. The van der Waals surface area contributed by atoms with E-state index in [1.807, 2.05) is 20.8 Å². The van der Waals surface area contributed by atoms with Crippen LogP contribution in [0.1, 0.15) is 63.9 Å². The second kappa shape index (κ2) is 10.9. The fourth-order valence-corrected chi connectivity index (χ4v) is 5.19. The number of sulfone groups is 1. The maximum atomic E-state index is 13.8. The summed E-state index contributed by atoms with van der Waals surface area (Å²) >= 11 is 0. The minimum absolute atomic E-state index is 0.00335. The molecule has 1 aliphatic rings. The summed E-state index contributed by atoms with van der Waals surface area (Å²) in [5.74, 6) is 1.32. The smallest absolute Gasteiger partial charge is 0.295 e. The molecule has 0 saturated heterocycles. The Bertz CT molecular complexity index is 1720. The Kier molecular flexibility index (Phi) is 7.49. The SMILES string of the molecule is CCS(=O)(=O)c1ccc(CNc2nc3cnc(-c4c(OC)ncnc4C4CC4)nc3n(C(C)C(C)C)c2=O)nc1. The second-order valence-electron chi connectivity index (χ2n) is 10.2. The summed E-state index contributed by atoms with van der Waals surface area (Å²) in [7, 11) is -1.80. The van der Waals surface area contributed by atoms with Crippen molar-refractivity contribution in [2.45, 2.75) is 63.9 Å². The van der Waals surface area contributed by atoms with Gasteiger partial charge in [0.15, 0.2) is 27.1 Å². The monoisotopic (exact) mass is 564 g/mol. The van der Waals surface area contributed by atoms with Gasteiger partial charge in [0.05, 0.1) is 41.9 Å². The van der Waals surface area contributed by atoms with Crippen molar-refractivity contribution in [3.63, 3.8) is 0 Å². The standard InChI is InChI=1S/C27H32N8O4S/c1-6-40(37,38)19-10-9-18(28-12-19)11-29-24-27(36)35(16(4)15(2)3)25-20(33-24)13-30-23(34-25)21-22(17-7-8-17)31-14-32-26(21)39-5/h9-10,12-17H,6-8,11H2,1-5H3,(H,29,33). The van der Waals surface area contributed by atoms with E-state index in [9.17, 15) is 13.2 Å². The predicted octanol–water partition coefficient (Wildman–Crippen LogP) is 3.55. The number of anilines is 1. The van der Waals surface area contributed by atoms with Gasteiger partial charge in [-0.2, -0.15) is 0 Å². The first-order chi connectivity index (χ1) is 19.1. The van der Waals surface area contributed by atoms with Crippen molar-refractivity contribution in [1.29, 1.82) is 0 Å². The number of methoxy groups -OCH3 is 1. The highest BCUT2D eigenvalue weighted by Crippen LogP contribution is 2.44. The molecule has 12 nitrogen and oxygen atoms in total. The lowest BCUT2D eigenvalue weighted by molar-refractivity contribution is 0.397. The number of aromatic nitrogens is 7. The Hall–Kier alpha value is -4.00. The summed E-state index contributed by atoms with van der Waals surface area (Å²) in [4.78, 5) is 40.9. The molecule has 13 heteroatoms. The van der Waals surface area contributed by atoms with Gasteiger partial charge < -0.3 is 10.1 Å². The zero-order valence-electron chi connectivity index (χ0n) is 23.1. The Morgan fingerprint density at radius 2 is 1.85 bits per heavy atom. The summed E-state index contributed by atoms with van der Waals surface area (Å²) in [6.45, 7) is 7.80. The third-order valence-corrected chi connectivity index (χ3v) is 8.92. The molecule has 1 unspecified atom stereocenters. The van der Waals surface area contributed by atoms with Crippen LogP contribution in [0.4, 0.5) is 5.82 Å². The van der Waals surface area contributed by atoms with Crippen molar-refractivity contribution in [1.82, 2.24) is 34.5 Å². The normalized spacial score (nSPS) is 14.4. The number of nitrogens with zero attached hydrogens (tertiary/aromatic N) is 7. The summed E-state index contributed by atoms with van der Waals surface area (Å²) in [5.41, 5.74) is 2.56. The van der Waals surface area contributed by atoms with Gasteiger partial charge in [-0.3, -0.25) is 14.3 Å². The number of fused-ring (bicyclic) bond motifs is 1. The highest BCUT2D eigenvalue weighted by atomic mass is 32.2. The molecule has 5 rings (SSSR count). The van der Waals surface area contributed by atoms with Crippen molar-refractivity contribution < 1.29 is 13.2 Å². The van der Waals surface area contributed by atoms with Gasteiger partial charge in [0.25, 0.3) is 5.56 Å². The Morgan fingerprint density at radius 1 is 1.07 bits per heavy atom. The summed E-state index contributed by atoms with van der Waals surface area (Å²) in [5, 5.41) is 3.07. The number of nitrogens with one attached hydrogen (secondary N) is 1. The van der Waals surface area contributed by atoms with Gasteiger partial charge in [0, 0.05) is 18.2 Å². The molecule has 0 spiro atoms. The van der Waals surface area contributed by atoms with E-state index >= 15 is 0 Å². The first kappa shape index (κ1) is 27.6. The van der Waals surface area contributed by atoms with E-state index in [4.69, 9.17) is 9.72 Å². The van der Waals surface area contributed by atoms with Crippen molar-refractivity contribution >= 4 is 26.8 Å². The average Bonchev–Trinajstić information content (AvgIpc) is 3.81. The van der Waals surface area contributed by atoms with Crippen LogP contribution < -0.4 is 15.6 Å². The molecule has 1 N–H and O–H groups in total. The van der Waals surface area contributed by atoms with Gasteiger partial charge >= 0.3 is 0 Å². The molecule has 0 radical (unpaired) electrons. The zero-order chi connectivity index (χ0) is 28.6. The van der Waals surface area contributed by atoms with Crippen LogP contribution in [0.2, 0.25) is 0 Å². The van der Waals surface area contributed by atoms with Gasteiger partial charge in [0.2, 0.25) is 5.88 Å². The molecule has 4 aromatic rings. The lowest BCUT2D eigenvalue weighted by Gasteiger charge is -2.22. The minimum atomic E-state index is -3.35. The summed E-state index contributed by atoms with van der Waals surface area (Å²) in [6, 6.07) is 2.94. The van der Waals surface area contributed by atoms with Crippen LogP contribution in [-0.4, -0.2) is 55.8 Å². The third-order valence-electron chi connectivity index (χ3n) is 7.20. The Morgan fingerprint density at radius 3 is 2.48 bits per heavy atom. The first-order valence-electron chi connectivity index (χ1n) is 13.2. The van der Waals surface area contributed by atoms with Crippen molar-refractivity contribution in [2.75, 3.05) is 18.2 Å². The molecular formula is C27H32N8O4S. The van der Waals surface area contributed by atoms with Gasteiger partial charge in [-0.15, -0.1) is 0 Å². The number of ether oxygens (including phenoxy) is 1. The van der Waals surface area contributed by atoms with Gasteiger partial charge in [-0.1, -0.05) is 20.8 Å². The maximum Gasteiger partial charge on any atom is 0.295 e. The van der Waals surface area contributed by atoms with Crippen molar-refractivity contribution in [2.24, 2.45) is 5.92 Å². The van der Waals surface area contributed by atoms with Crippen LogP contribution in [0.5, 0.6) is 5.88 Å². The number of hydrogen-bond donors (Lipinski definition) is 1. The molecule has 1 saturated carbocycles. The minimum Gasteiger partial charge on any atom is -0.480 e. The molecule has 4 aromatic heterocycles. The lowest BCUT2D eigenvalue weighted by atomic mass is 10.1. The maximum absolute atomic E-state index is 13.8. The summed E-state index contributed by atoms with van der Waals surface area (Å²) < 4.78 is 31.3. The molecular weight excluding hydrogens is 532 g/mol. The molecule has 0 bridgehead atoms. The lowest BCUT2D eigenvalue weighted by Crippen LogP contribution is -2.30. The van der Waals surface area contributed by atoms with Crippen LogP contribution in [0.25, 0.3) is 22.6 Å². The van der Waals surface area contributed by atoms with Crippen molar-refractivity contribution in [3.8, 4) is 17.3 Å². The fourth-order valence-electron chi connectivity index (χ4n) is 4.37. The number of hydrogen-bond acceptors (Lipinski definition) is 11. The Labute approximate surface area is 232 Å². The third kappa shape index (κ3) is 5.25. The zero-order valence-corrected chi connectivity index (χ0v) is 23.9. The predicted molar refractivity (Wildman–Crippen MR) is 150 cm³/mol. The molecule has 1 atom stereocenters. The molecule has 1 aliphatic carbocycles. The number of pyridine rings is 1. The van der Waals surface area contributed by atoms with E-state index in [0.717, 1.165) is 18.5 Å². The summed E-state index contributed by atoms with van der Waals surface area (Å²) in [6.07, 6.45) is 6.46. The highest BCUT2D eigenvalue weighted by molar-refractivity contribution is 7.91. The second-order valence-corrected chi connectivity index (χ2v) is 12.5. The van der Waals surface area contributed by atoms with Crippen molar-refractivity contribution in [3.05, 3.63) is 52.6 Å². The van der Waals surface area contributed by atoms with E-state index in [2.05, 4.69) is 30.2 Å². The van der Waals surface area contributed by atoms with Gasteiger partial charge in [-0.25, -0.2) is 33.3 Å². The van der Waals surface area contributed by atoms with Crippen LogP contribution in [0.3, 0.4) is 0 Å². The van der Waals surface area contributed by atoms with Crippen LogP contribution in [0, 0.1) is 5.92 Å². The quantitative estimate of drug-likeness (QED) is 0.301. The van der Waals surface area contributed by atoms with Crippen LogP contribution in [0.15, 0.2) is 40.5 Å². The van der Waals surface area contributed by atoms with E-state index in [1.165, 1.54) is 18.6 Å². The largest absolute Gasteiger partial charge is 0.480 e. The van der Waals surface area contributed by atoms with Gasteiger partial charge in [-0.05, 0) is 37.8 Å². The molecule has 40 heavy (non-hydrogen) atoms. The average molecular weight is 565 g/mol. The molecule has 0 aliphatic heterocycles. The van der Waals surface area contributed by atoms with E-state index in [0.29, 0.717) is 40.0 Å². The fraction of sp³-hybridized carbons (Fsp3) is 0.444. The molecule has 1 fully saturated rings. The van der Waals surface area contributed by atoms with E-state index in [1.54, 1.807) is 30.9 Å². The van der Waals surface area contributed by atoms with E-state index < -0.39 is 9.84 Å².